The fourth-order valence-corrected chi connectivity index (χ4v) is 4.53. The maximum Gasteiger partial charge on any atom is 0.248 e. The third-order valence-corrected chi connectivity index (χ3v) is 5.96. The number of nitrogens with zero attached hydrogens (tertiary/aromatic N) is 2. The molecule has 0 radical (unpaired) electrons. The van der Waals surface area contributed by atoms with Crippen molar-refractivity contribution in [3.05, 3.63) is 21.1 Å². The van der Waals surface area contributed by atoms with Crippen molar-refractivity contribution in [2.24, 2.45) is 5.92 Å². The molecule has 2 heterocycles. The third-order valence-electron chi connectivity index (χ3n) is 3.94. The van der Waals surface area contributed by atoms with Crippen molar-refractivity contribution in [2.75, 3.05) is 0 Å². The van der Waals surface area contributed by atoms with Crippen LogP contribution >= 0.6 is 22.7 Å². The molecule has 3 rings (SSSR count). The van der Waals surface area contributed by atoms with E-state index in [1.807, 2.05) is 12.3 Å². The molecule has 0 aromatic carbocycles. The average molecular weight is 358 g/mol. The molecule has 124 valence electrons. The van der Waals surface area contributed by atoms with Crippen LogP contribution in [-0.2, 0) is 17.8 Å². The van der Waals surface area contributed by atoms with Gasteiger partial charge in [-0.15, -0.1) is 22.7 Å². The molecule has 8 heteroatoms. The van der Waals surface area contributed by atoms with Crippen molar-refractivity contribution < 1.29 is 18.7 Å². The van der Waals surface area contributed by atoms with E-state index in [0.29, 0.717) is 10.0 Å². The predicted molar refractivity (Wildman–Crippen MR) is 84.9 cm³/mol. The van der Waals surface area contributed by atoms with E-state index in [9.17, 15) is 13.6 Å². The number of Topliss-reactive ketones (excluding diaryl/α,β-unsaturated/α-hetero) is 1. The van der Waals surface area contributed by atoms with Gasteiger partial charge in [-0.2, -0.15) is 0 Å². The first-order valence-electron chi connectivity index (χ1n) is 7.30. The average Bonchev–Trinajstić information content (AvgIpc) is 3.17. The van der Waals surface area contributed by atoms with Crippen LogP contribution in [0.25, 0.3) is 10.6 Å². The molecule has 0 aliphatic heterocycles. The Kier molecular flexibility index (Phi) is 4.57. The predicted octanol–water partition coefficient (Wildman–Crippen LogP) is 3.61. The molecule has 23 heavy (non-hydrogen) atoms. The molecule has 0 amide bonds. The van der Waals surface area contributed by atoms with E-state index in [-0.39, 0.29) is 38.1 Å². The summed E-state index contributed by atoms with van der Waals surface area (Å²) >= 11 is 2.72. The standard InChI is InChI=1S/C15H16F2N2O2S2/c1-8-14(23-13(6-20)18-8)10-7-22-12(19-10)4-11(21)9-2-3-15(16,17)5-9/h7,9,20H,2-6H2,1H3. The minimum absolute atomic E-state index is 0.107. The molecule has 1 aliphatic carbocycles. The summed E-state index contributed by atoms with van der Waals surface area (Å²) in [5.41, 5.74) is 1.52. The minimum Gasteiger partial charge on any atom is -0.389 e. The Balaban J connectivity index is 1.70. The normalized spacial score (nSPS) is 20.1. The van der Waals surface area contributed by atoms with E-state index in [1.54, 1.807) is 0 Å². The van der Waals surface area contributed by atoms with Crippen LogP contribution in [0, 0.1) is 12.8 Å². The second kappa shape index (κ2) is 6.33. The second-order valence-corrected chi connectivity index (χ2v) is 7.77. The number of alkyl halides is 2. The summed E-state index contributed by atoms with van der Waals surface area (Å²) in [5.74, 6) is -3.40. The van der Waals surface area contributed by atoms with Crippen LogP contribution in [0.4, 0.5) is 8.78 Å². The first-order chi connectivity index (χ1) is 10.9. The lowest BCUT2D eigenvalue weighted by molar-refractivity contribution is -0.123. The van der Waals surface area contributed by atoms with E-state index in [4.69, 9.17) is 5.11 Å². The van der Waals surface area contributed by atoms with E-state index in [2.05, 4.69) is 9.97 Å². The zero-order valence-corrected chi connectivity index (χ0v) is 14.1. The van der Waals surface area contributed by atoms with Gasteiger partial charge in [0.1, 0.15) is 15.8 Å². The lowest BCUT2D eigenvalue weighted by Gasteiger charge is -2.08. The number of hydrogen-bond donors (Lipinski definition) is 1. The first-order valence-corrected chi connectivity index (χ1v) is 9.00. The summed E-state index contributed by atoms with van der Waals surface area (Å²) in [4.78, 5) is 21.7. The Labute approximate surface area is 140 Å². The highest BCUT2D eigenvalue weighted by atomic mass is 32.1. The maximum atomic E-state index is 13.2. The number of aromatic nitrogens is 2. The van der Waals surface area contributed by atoms with Gasteiger partial charge in [0.15, 0.2) is 0 Å². The molecule has 2 aromatic heterocycles. The number of hydrogen-bond acceptors (Lipinski definition) is 6. The van der Waals surface area contributed by atoms with Crippen LogP contribution < -0.4 is 0 Å². The molecule has 1 unspecified atom stereocenters. The summed E-state index contributed by atoms with van der Waals surface area (Å²) in [5, 5.41) is 12.2. The molecule has 0 spiro atoms. The van der Waals surface area contributed by atoms with Gasteiger partial charge >= 0.3 is 0 Å². The monoisotopic (exact) mass is 358 g/mol. The van der Waals surface area contributed by atoms with E-state index < -0.39 is 11.8 Å². The number of aliphatic hydroxyl groups is 1. The molecule has 1 N–H and O–H groups in total. The molecule has 1 atom stereocenters. The van der Waals surface area contributed by atoms with Crippen LogP contribution in [0.5, 0.6) is 0 Å². The summed E-state index contributed by atoms with van der Waals surface area (Å²) in [6.07, 6.45) is -0.164. The van der Waals surface area contributed by atoms with Crippen molar-refractivity contribution in [1.29, 1.82) is 0 Å². The van der Waals surface area contributed by atoms with Crippen LogP contribution in [0.15, 0.2) is 5.38 Å². The van der Waals surface area contributed by atoms with Crippen molar-refractivity contribution in [1.82, 2.24) is 9.97 Å². The number of thiazole rings is 2. The van der Waals surface area contributed by atoms with Gasteiger partial charge < -0.3 is 5.11 Å². The van der Waals surface area contributed by atoms with Gasteiger partial charge in [0.2, 0.25) is 5.92 Å². The molecule has 2 aromatic rings. The van der Waals surface area contributed by atoms with Crippen LogP contribution in [0.3, 0.4) is 0 Å². The maximum absolute atomic E-state index is 13.2. The first kappa shape index (κ1) is 16.6. The number of aliphatic hydroxyl groups excluding tert-OH is 1. The van der Waals surface area contributed by atoms with Gasteiger partial charge in [0.05, 0.1) is 29.3 Å². The minimum atomic E-state index is -2.70. The fourth-order valence-electron chi connectivity index (χ4n) is 2.77. The number of halogens is 2. The highest BCUT2D eigenvalue weighted by molar-refractivity contribution is 7.16. The molecule has 0 saturated heterocycles. The van der Waals surface area contributed by atoms with Crippen molar-refractivity contribution >= 4 is 28.5 Å². The van der Waals surface area contributed by atoms with Gasteiger partial charge in [0.25, 0.3) is 0 Å². The quantitative estimate of drug-likeness (QED) is 0.887. The molecule has 0 bridgehead atoms. The van der Waals surface area contributed by atoms with Crippen molar-refractivity contribution in [3.63, 3.8) is 0 Å². The SMILES string of the molecule is Cc1nc(CO)sc1-c1csc(CC(=O)C2CCC(F)(F)C2)n1. The van der Waals surface area contributed by atoms with Crippen molar-refractivity contribution in [3.8, 4) is 10.6 Å². The van der Waals surface area contributed by atoms with Gasteiger partial charge in [-0.1, -0.05) is 0 Å². The molecule has 4 nitrogen and oxygen atoms in total. The van der Waals surface area contributed by atoms with Gasteiger partial charge in [-0.05, 0) is 13.3 Å². The van der Waals surface area contributed by atoms with Gasteiger partial charge in [0, 0.05) is 24.1 Å². The second-order valence-electron chi connectivity index (χ2n) is 5.75. The number of aryl methyl sites for hydroxylation is 1. The zero-order chi connectivity index (χ0) is 16.6. The summed E-state index contributed by atoms with van der Waals surface area (Å²) < 4.78 is 26.4. The van der Waals surface area contributed by atoms with Crippen LogP contribution in [-0.4, -0.2) is 26.8 Å². The molecule has 1 fully saturated rings. The molecular formula is C15H16F2N2O2S2. The number of carbonyl (C=O) groups is 1. The summed E-state index contributed by atoms with van der Waals surface area (Å²) in [7, 11) is 0. The summed E-state index contributed by atoms with van der Waals surface area (Å²) in [6, 6.07) is 0. The van der Waals surface area contributed by atoms with Crippen LogP contribution in [0.1, 0.15) is 35.0 Å². The van der Waals surface area contributed by atoms with E-state index >= 15 is 0 Å². The van der Waals surface area contributed by atoms with Gasteiger partial charge in [-0.3, -0.25) is 4.79 Å². The van der Waals surface area contributed by atoms with E-state index in [1.165, 1.54) is 22.7 Å². The number of ketones is 1. The Hall–Kier alpha value is -1.25. The number of carbonyl (C=O) groups excluding carboxylic acids is 1. The highest BCUT2D eigenvalue weighted by Crippen LogP contribution is 2.40. The Morgan fingerprint density at radius 1 is 1.43 bits per heavy atom. The lowest BCUT2D eigenvalue weighted by Crippen LogP contribution is -2.17. The topological polar surface area (TPSA) is 63.1 Å². The largest absolute Gasteiger partial charge is 0.389 e. The Morgan fingerprint density at radius 2 is 2.22 bits per heavy atom. The lowest BCUT2D eigenvalue weighted by atomic mass is 10.0. The zero-order valence-electron chi connectivity index (χ0n) is 12.5. The fraction of sp³-hybridized carbons (Fsp3) is 0.533. The Bertz CT molecular complexity index is 727. The summed E-state index contributed by atoms with van der Waals surface area (Å²) in [6.45, 7) is 1.73. The van der Waals surface area contributed by atoms with Gasteiger partial charge in [-0.25, -0.2) is 18.7 Å². The molecular weight excluding hydrogens is 342 g/mol. The van der Waals surface area contributed by atoms with Crippen molar-refractivity contribution in [2.45, 2.75) is 45.1 Å². The number of rotatable bonds is 5. The molecule has 1 saturated carbocycles. The third kappa shape index (κ3) is 3.64. The van der Waals surface area contributed by atoms with Crippen LogP contribution in [0.2, 0.25) is 0 Å². The molecule has 1 aliphatic rings. The Morgan fingerprint density at radius 3 is 2.83 bits per heavy atom. The van der Waals surface area contributed by atoms with E-state index in [0.717, 1.165) is 16.3 Å². The smallest absolute Gasteiger partial charge is 0.248 e. The highest BCUT2D eigenvalue weighted by Gasteiger charge is 2.42.